The SMILES string of the molecule is CC(C)=C(C=N)Nc1cccc(C)c1. The Morgan fingerprint density at radius 1 is 1.36 bits per heavy atom. The van der Waals surface area contributed by atoms with Crippen molar-refractivity contribution in [1.82, 2.24) is 0 Å². The van der Waals surface area contributed by atoms with E-state index in [-0.39, 0.29) is 0 Å². The molecule has 0 bridgehead atoms. The highest BCUT2D eigenvalue weighted by molar-refractivity contribution is 5.81. The zero-order valence-corrected chi connectivity index (χ0v) is 8.89. The van der Waals surface area contributed by atoms with Crippen molar-refractivity contribution in [2.75, 3.05) is 5.32 Å². The molecule has 0 aliphatic rings. The Kier molecular flexibility index (Phi) is 3.46. The molecule has 0 saturated carbocycles. The van der Waals surface area contributed by atoms with Crippen LogP contribution in [0, 0.1) is 12.3 Å². The second-order valence-corrected chi connectivity index (χ2v) is 3.55. The number of benzene rings is 1. The zero-order valence-electron chi connectivity index (χ0n) is 8.89. The van der Waals surface area contributed by atoms with E-state index in [1.54, 1.807) is 0 Å². The lowest BCUT2D eigenvalue weighted by atomic mass is 10.2. The summed E-state index contributed by atoms with van der Waals surface area (Å²) in [6, 6.07) is 8.12. The lowest BCUT2D eigenvalue weighted by Gasteiger charge is -2.08. The maximum absolute atomic E-state index is 7.25. The van der Waals surface area contributed by atoms with E-state index in [0.29, 0.717) is 0 Å². The van der Waals surface area contributed by atoms with E-state index >= 15 is 0 Å². The van der Waals surface area contributed by atoms with Crippen LogP contribution in [-0.4, -0.2) is 6.21 Å². The average molecular weight is 188 g/mol. The summed E-state index contributed by atoms with van der Waals surface area (Å²) in [4.78, 5) is 0. The number of aryl methyl sites for hydroxylation is 1. The molecule has 2 nitrogen and oxygen atoms in total. The van der Waals surface area contributed by atoms with Crippen molar-refractivity contribution in [3.05, 3.63) is 41.1 Å². The Labute approximate surface area is 85.2 Å². The molecule has 0 unspecified atom stereocenters. The third kappa shape index (κ3) is 2.73. The summed E-state index contributed by atoms with van der Waals surface area (Å²) in [5.74, 6) is 0. The molecule has 2 N–H and O–H groups in total. The summed E-state index contributed by atoms with van der Waals surface area (Å²) in [5.41, 5.74) is 4.22. The Balaban J connectivity index is 2.88. The van der Waals surface area contributed by atoms with Crippen molar-refractivity contribution >= 4 is 11.9 Å². The van der Waals surface area contributed by atoms with Gasteiger partial charge in [0, 0.05) is 11.9 Å². The lowest BCUT2D eigenvalue weighted by Crippen LogP contribution is -2.02. The van der Waals surface area contributed by atoms with Crippen LogP contribution in [0.1, 0.15) is 19.4 Å². The molecule has 0 atom stereocenters. The molecule has 0 amide bonds. The van der Waals surface area contributed by atoms with Crippen LogP contribution in [0.2, 0.25) is 0 Å². The van der Waals surface area contributed by atoms with Gasteiger partial charge in [0.25, 0.3) is 0 Å². The summed E-state index contributed by atoms with van der Waals surface area (Å²) in [5, 5.41) is 10.5. The second kappa shape index (κ2) is 4.61. The van der Waals surface area contributed by atoms with Gasteiger partial charge in [0.15, 0.2) is 0 Å². The number of nitrogens with one attached hydrogen (secondary N) is 2. The topological polar surface area (TPSA) is 35.9 Å². The Morgan fingerprint density at radius 3 is 2.57 bits per heavy atom. The largest absolute Gasteiger partial charge is 0.354 e. The zero-order chi connectivity index (χ0) is 10.6. The highest BCUT2D eigenvalue weighted by Gasteiger charge is 1.96. The minimum Gasteiger partial charge on any atom is -0.354 e. The van der Waals surface area contributed by atoms with E-state index in [4.69, 9.17) is 5.41 Å². The first-order chi connectivity index (χ1) is 6.63. The summed E-state index contributed by atoms with van der Waals surface area (Å²) in [6.45, 7) is 6.03. The van der Waals surface area contributed by atoms with Crippen LogP contribution in [0.3, 0.4) is 0 Å². The maximum Gasteiger partial charge on any atom is 0.0549 e. The molecule has 0 spiro atoms. The molecular formula is C12H16N2. The fraction of sp³-hybridized carbons (Fsp3) is 0.250. The third-order valence-electron chi connectivity index (χ3n) is 1.98. The third-order valence-corrected chi connectivity index (χ3v) is 1.98. The number of allylic oxidation sites excluding steroid dienone is 2. The van der Waals surface area contributed by atoms with Gasteiger partial charge in [-0.3, -0.25) is 0 Å². The van der Waals surface area contributed by atoms with Crippen molar-refractivity contribution in [1.29, 1.82) is 5.41 Å². The minimum absolute atomic E-state index is 0.857. The lowest BCUT2D eigenvalue weighted by molar-refractivity contribution is 1.31. The molecule has 0 aliphatic heterocycles. The van der Waals surface area contributed by atoms with Crippen LogP contribution >= 0.6 is 0 Å². The first kappa shape index (κ1) is 10.5. The van der Waals surface area contributed by atoms with Gasteiger partial charge >= 0.3 is 0 Å². The molecule has 0 radical (unpaired) electrons. The fourth-order valence-corrected chi connectivity index (χ4v) is 1.18. The van der Waals surface area contributed by atoms with Gasteiger partial charge < -0.3 is 10.7 Å². The molecule has 74 valence electrons. The number of rotatable bonds is 3. The predicted octanol–water partition coefficient (Wildman–Crippen LogP) is 3.35. The molecule has 0 fully saturated rings. The summed E-state index contributed by atoms with van der Waals surface area (Å²) >= 11 is 0. The van der Waals surface area contributed by atoms with E-state index in [1.807, 2.05) is 26.0 Å². The van der Waals surface area contributed by atoms with Gasteiger partial charge in [-0.2, -0.15) is 0 Å². The highest BCUT2D eigenvalue weighted by Crippen LogP contribution is 2.12. The highest BCUT2D eigenvalue weighted by atomic mass is 14.9. The number of anilines is 1. The van der Waals surface area contributed by atoms with Crippen molar-refractivity contribution in [2.24, 2.45) is 0 Å². The Hall–Kier alpha value is -1.57. The van der Waals surface area contributed by atoms with Gasteiger partial charge in [0.05, 0.1) is 5.70 Å². The van der Waals surface area contributed by atoms with E-state index < -0.39 is 0 Å². The van der Waals surface area contributed by atoms with Crippen LogP contribution in [0.15, 0.2) is 35.5 Å². The molecule has 0 aliphatic carbocycles. The predicted molar refractivity (Wildman–Crippen MR) is 62.0 cm³/mol. The minimum atomic E-state index is 0.857. The van der Waals surface area contributed by atoms with Gasteiger partial charge in [-0.05, 0) is 38.5 Å². The second-order valence-electron chi connectivity index (χ2n) is 3.55. The molecule has 14 heavy (non-hydrogen) atoms. The molecule has 2 heteroatoms. The van der Waals surface area contributed by atoms with E-state index in [2.05, 4.69) is 24.4 Å². The Bertz CT molecular complexity index is 360. The van der Waals surface area contributed by atoms with Gasteiger partial charge in [-0.15, -0.1) is 0 Å². The molecule has 1 rings (SSSR count). The summed E-state index contributed by atoms with van der Waals surface area (Å²) < 4.78 is 0. The fourth-order valence-electron chi connectivity index (χ4n) is 1.18. The Morgan fingerprint density at radius 2 is 2.07 bits per heavy atom. The van der Waals surface area contributed by atoms with Gasteiger partial charge in [0.1, 0.15) is 0 Å². The van der Waals surface area contributed by atoms with Gasteiger partial charge in [0.2, 0.25) is 0 Å². The van der Waals surface area contributed by atoms with Crippen molar-refractivity contribution in [3.63, 3.8) is 0 Å². The monoisotopic (exact) mass is 188 g/mol. The molecule has 0 saturated heterocycles. The average Bonchev–Trinajstić information content (AvgIpc) is 2.14. The van der Waals surface area contributed by atoms with Gasteiger partial charge in [-0.1, -0.05) is 17.7 Å². The van der Waals surface area contributed by atoms with E-state index in [9.17, 15) is 0 Å². The summed E-state index contributed by atoms with van der Waals surface area (Å²) in [6.07, 6.45) is 1.34. The number of hydrogen-bond acceptors (Lipinski definition) is 2. The van der Waals surface area contributed by atoms with Crippen molar-refractivity contribution in [3.8, 4) is 0 Å². The molecule has 0 heterocycles. The van der Waals surface area contributed by atoms with Crippen LogP contribution < -0.4 is 5.32 Å². The van der Waals surface area contributed by atoms with E-state index in [0.717, 1.165) is 17.0 Å². The van der Waals surface area contributed by atoms with Crippen LogP contribution in [0.25, 0.3) is 0 Å². The van der Waals surface area contributed by atoms with Crippen LogP contribution in [-0.2, 0) is 0 Å². The van der Waals surface area contributed by atoms with Crippen molar-refractivity contribution in [2.45, 2.75) is 20.8 Å². The molecule has 1 aromatic rings. The summed E-state index contributed by atoms with van der Waals surface area (Å²) in [7, 11) is 0. The van der Waals surface area contributed by atoms with Crippen molar-refractivity contribution < 1.29 is 0 Å². The maximum atomic E-state index is 7.25. The number of hydrogen-bond donors (Lipinski definition) is 2. The van der Waals surface area contributed by atoms with Gasteiger partial charge in [-0.25, -0.2) is 0 Å². The smallest absolute Gasteiger partial charge is 0.0549 e. The molecule has 1 aromatic carbocycles. The first-order valence-electron chi connectivity index (χ1n) is 4.65. The standard InChI is InChI=1S/C12H16N2/c1-9(2)12(8-13)14-11-6-4-5-10(3)7-11/h4-8,13-14H,1-3H3. The first-order valence-corrected chi connectivity index (χ1v) is 4.65. The molecule has 0 aromatic heterocycles. The quantitative estimate of drug-likeness (QED) is 0.701. The molecular weight excluding hydrogens is 172 g/mol. The normalized spacial score (nSPS) is 9.36. The van der Waals surface area contributed by atoms with Crippen LogP contribution in [0.4, 0.5) is 5.69 Å². The van der Waals surface area contributed by atoms with E-state index in [1.165, 1.54) is 11.8 Å². The van der Waals surface area contributed by atoms with Crippen LogP contribution in [0.5, 0.6) is 0 Å².